The predicted octanol–water partition coefficient (Wildman–Crippen LogP) is 2.45. The summed E-state index contributed by atoms with van der Waals surface area (Å²) in [5.41, 5.74) is 2.59. The smallest absolute Gasteiger partial charge is 0.262 e. The van der Waals surface area contributed by atoms with Gasteiger partial charge in [0.1, 0.15) is 18.2 Å². The highest BCUT2D eigenvalue weighted by Crippen LogP contribution is 2.43. The van der Waals surface area contributed by atoms with Crippen LogP contribution < -0.4 is 5.32 Å². The average Bonchev–Trinajstić information content (AvgIpc) is 3.47. The standard InChI is InChI=1S/C23H25N5O3/c1-4-16-12-24-20-22(16,2)19(25-13-26-20)15-7-5-6-14(10-15)17-11-18(31-27-17)23(30)8-9-28(3)21(23)29/h5-7,10-13,20,24,30H,4,8-9H2,1-3H3/t20?,22?,23-/m1/s1. The third-order valence-electron chi connectivity index (χ3n) is 6.76. The lowest BCUT2D eigenvalue weighted by atomic mass is 9.73. The molecule has 0 spiro atoms. The molecular weight excluding hydrogens is 394 g/mol. The van der Waals surface area contributed by atoms with Gasteiger partial charge in [0.25, 0.3) is 5.91 Å². The zero-order valence-electron chi connectivity index (χ0n) is 17.8. The molecule has 1 saturated heterocycles. The summed E-state index contributed by atoms with van der Waals surface area (Å²) in [4.78, 5) is 23.1. The molecule has 4 heterocycles. The van der Waals surface area contributed by atoms with Crippen molar-refractivity contribution in [3.05, 3.63) is 53.4 Å². The summed E-state index contributed by atoms with van der Waals surface area (Å²) >= 11 is 0. The first-order chi connectivity index (χ1) is 14.9. The number of aromatic nitrogens is 1. The molecule has 3 aliphatic heterocycles. The van der Waals surface area contributed by atoms with Gasteiger partial charge in [-0.3, -0.25) is 4.79 Å². The first-order valence-electron chi connectivity index (χ1n) is 10.5. The second kappa shape index (κ2) is 6.88. The minimum absolute atomic E-state index is 0.0723. The quantitative estimate of drug-likeness (QED) is 0.792. The molecule has 5 rings (SSSR count). The number of nitrogens with one attached hydrogen (secondary N) is 1. The third-order valence-corrected chi connectivity index (χ3v) is 6.76. The van der Waals surface area contributed by atoms with E-state index in [1.807, 2.05) is 30.5 Å². The Labute approximate surface area is 180 Å². The molecular formula is C23H25N5O3. The molecule has 1 fully saturated rings. The molecule has 0 radical (unpaired) electrons. The molecule has 160 valence electrons. The summed E-state index contributed by atoms with van der Waals surface area (Å²) in [5, 5.41) is 18.3. The molecule has 1 aromatic carbocycles. The Morgan fingerprint density at radius 3 is 2.87 bits per heavy atom. The number of nitrogens with zero attached hydrogens (tertiary/aromatic N) is 4. The topological polar surface area (TPSA) is 103 Å². The van der Waals surface area contributed by atoms with Crippen molar-refractivity contribution in [3.63, 3.8) is 0 Å². The van der Waals surface area contributed by atoms with Crippen molar-refractivity contribution in [2.24, 2.45) is 15.4 Å². The Hall–Kier alpha value is -3.26. The van der Waals surface area contributed by atoms with E-state index >= 15 is 0 Å². The van der Waals surface area contributed by atoms with E-state index in [9.17, 15) is 9.90 Å². The minimum atomic E-state index is -1.65. The fourth-order valence-corrected chi connectivity index (χ4v) is 4.80. The van der Waals surface area contributed by atoms with E-state index in [-0.39, 0.29) is 29.7 Å². The minimum Gasteiger partial charge on any atom is -0.373 e. The van der Waals surface area contributed by atoms with Crippen LogP contribution in [0.4, 0.5) is 0 Å². The molecule has 3 aliphatic rings. The normalized spacial score (nSPS) is 29.6. The zero-order chi connectivity index (χ0) is 21.8. The number of likely N-dealkylation sites (tertiary alicyclic amines) is 1. The molecule has 0 aliphatic carbocycles. The number of rotatable bonds is 4. The number of carbonyl (C=O) groups excluding carboxylic acids is 1. The van der Waals surface area contributed by atoms with Crippen molar-refractivity contribution in [3.8, 4) is 11.3 Å². The van der Waals surface area contributed by atoms with Crippen LogP contribution in [0.5, 0.6) is 0 Å². The van der Waals surface area contributed by atoms with E-state index in [2.05, 4.69) is 34.3 Å². The van der Waals surface area contributed by atoms with Gasteiger partial charge < -0.3 is 19.8 Å². The largest absolute Gasteiger partial charge is 0.373 e. The fourth-order valence-electron chi connectivity index (χ4n) is 4.80. The molecule has 8 nitrogen and oxygen atoms in total. The Bertz CT molecular complexity index is 1150. The van der Waals surface area contributed by atoms with Gasteiger partial charge in [-0.05, 0) is 36.7 Å². The Morgan fingerprint density at radius 2 is 2.13 bits per heavy atom. The van der Waals surface area contributed by atoms with Crippen LogP contribution >= 0.6 is 0 Å². The summed E-state index contributed by atoms with van der Waals surface area (Å²) in [6, 6.07) is 9.57. The van der Waals surface area contributed by atoms with Crippen molar-refractivity contribution < 1.29 is 14.4 Å². The van der Waals surface area contributed by atoms with Crippen LogP contribution in [0.25, 0.3) is 11.3 Å². The average molecular weight is 419 g/mol. The van der Waals surface area contributed by atoms with Crippen LogP contribution in [0, 0.1) is 5.41 Å². The van der Waals surface area contributed by atoms with Crippen molar-refractivity contribution in [2.75, 3.05) is 13.6 Å². The zero-order valence-corrected chi connectivity index (χ0v) is 17.8. The van der Waals surface area contributed by atoms with Crippen LogP contribution in [0.15, 0.2) is 56.6 Å². The lowest BCUT2D eigenvalue weighted by molar-refractivity contribution is -0.144. The van der Waals surface area contributed by atoms with E-state index in [0.29, 0.717) is 12.2 Å². The molecule has 1 aromatic heterocycles. The van der Waals surface area contributed by atoms with E-state index in [1.54, 1.807) is 19.5 Å². The second-order valence-corrected chi connectivity index (χ2v) is 8.53. The molecule has 1 amide bonds. The van der Waals surface area contributed by atoms with Crippen molar-refractivity contribution in [1.29, 1.82) is 0 Å². The maximum absolute atomic E-state index is 12.4. The van der Waals surface area contributed by atoms with Gasteiger partial charge in [-0.15, -0.1) is 0 Å². The summed E-state index contributed by atoms with van der Waals surface area (Å²) in [6.45, 7) is 4.78. The molecule has 31 heavy (non-hydrogen) atoms. The maximum atomic E-state index is 12.4. The number of aliphatic imine (C=N–C) groups is 2. The Balaban J connectivity index is 1.51. The van der Waals surface area contributed by atoms with E-state index < -0.39 is 5.60 Å². The molecule has 0 bridgehead atoms. The number of hydrogen-bond donors (Lipinski definition) is 2. The van der Waals surface area contributed by atoms with Gasteiger partial charge in [0, 0.05) is 31.6 Å². The molecule has 8 heteroatoms. The number of fused-ring (bicyclic) bond motifs is 1. The number of likely N-dealkylation sites (N-methyl/N-ethyl adjacent to an activating group) is 1. The van der Waals surface area contributed by atoms with Crippen LogP contribution in [-0.4, -0.2) is 52.9 Å². The summed E-state index contributed by atoms with van der Waals surface area (Å²) < 4.78 is 5.42. The van der Waals surface area contributed by atoms with Gasteiger partial charge in [0.15, 0.2) is 5.76 Å². The SMILES string of the molecule is CCC1=CNC2N=CN=C(c3cccc(-c4cc([C@]5(O)CCN(C)C5=O)on4)c3)C12C. The number of hydrogen-bond acceptors (Lipinski definition) is 7. The molecule has 0 saturated carbocycles. The van der Waals surface area contributed by atoms with Crippen LogP contribution in [0.3, 0.4) is 0 Å². The molecule has 2 aromatic rings. The first kappa shape index (κ1) is 19.7. The fraction of sp³-hybridized carbons (Fsp3) is 0.391. The summed E-state index contributed by atoms with van der Waals surface area (Å²) in [7, 11) is 1.67. The van der Waals surface area contributed by atoms with E-state index in [0.717, 1.165) is 23.3 Å². The molecule has 2 unspecified atom stereocenters. The maximum Gasteiger partial charge on any atom is 0.262 e. The van der Waals surface area contributed by atoms with Gasteiger partial charge in [-0.2, -0.15) is 0 Å². The number of amides is 1. The van der Waals surface area contributed by atoms with Crippen LogP contribution in [-0.2, 0) is 10.4 Å². The van der Waals surface area contributed by atoms with Gasteiger partial charge in [0.2, 0.25) is 5.60 Å². The number of benzene rings is 1. The van der Waals surface area contributed by atoms with Gasteiger partial charge in [-0.25, -0.2) is 9.98 Å². The second-order valence-electron chi connectivity index (χ2n) is 8.53. The van der Waals surface area contributed by atoms with Gasteiger partial charge in [0.05, 0.1) is 11.1 Å². The van der Waals surface area contributed by atoms with E-state index in [1.165, 1.54) is 10.5 Å². The van der Waals surface area contributed by atoms with Crippen molar-refractivity contribution in [2.45, 2.75) is 38.5 Å². The first-order valence-corrected chi connectivity index (χ1v) is 10.5. The molecule has 3 atom stereocenters. The number of aliphatic hydroxyl groups is 1. The lowest BCUT2D eigenvalue weighted by Gasteiger charge is -2.35. The highest BCUT2D eigenvalue weighted by Gasteiger charge is 2.49. The van der Waals surface area contributed by atoms with E-state index in [4.69, 9.17) is 4.52 Å². The highest BCUT2D eigenvalue weighted by molar-refractivity contribution is 6.11. The highest BCUT2D eigenvalue weighted by atomic mass is 16.5. The van der Waals surface area contributed by atoms with Gasteiger partial charge >= 0.3 is 0 Å². The van der Waals surface area contributed by atoms with Crippen LogP contribution in [0.2, 0.25) is 0 Å². The summed E-state index contributed by atoms with van der Waals surface area (Å²) in [6.07, 6.45) is 4.78. The van der Waals surface area contributed by atoms with Crippen LogP contribution in [0.1, 0.15) is 38.0 Å². The Morgan fingerprint density at radius 1 is 1.32 bits per heavy atom. The van der Waals surface area contributed by atoms with Gasteiger partial charge in [-0.1, -0.05) is 30.3 Å². The number of carbonyl (C=O) groups is 1. The Kier molecular flexibility index (Phi) is 4.37. The molecule has 2 N–H and O–H groups in total. The van der Waals surface area contributed by atoms with Crippen molar-refractivity contribution >= 4 is 18.0 Å². The summed E-state index contributed by atoms with van der Waals surface area (Å²) in [5.74, 6) is -0.195. The lowest BCUT2D eigenvalue weighted by Crippen LogP contribution is -2.44. The van der Waals surface area contributed by atoms with Crippen molar-refractivity contribution in [1.82, 2.24) is 15.4 Å². The monoisotopic (exact) mass is 419 g/mol. The third kappa shape index (κ3) is 2.78. The predicted molar refractivity (Wildman–Crippen MR) is 117 cm³/mol.